The third-order valence-corrected chi connectivity index (χ3v) is 6.56. The van der Waals surface area contributed by atoms with Crippen LogP contribution in [0.4, 0.5) is 10.1 Å². The molecule has 1 aliphatic heterocycles. The number of rotatable bonds is 8. The smallest absolute Gasteiger partial charge is 0.257 e. The summed E-state index contributed by atoms with van der Waals surface area (Å²) in [4.78, 5) is 28.9. The first kappa shape index (κ1) is 24.5. The molecule has 1 aliphatic rings. The van der Waals surface area contributed by atoms with Crippen LogP contribution in [0.5, 0.6) is 11.5 Å². The fraction of sp³-hybridized carbons (Fsp3) is 0.391. The van der Waals surface area contributed by atoms with E-state index in [4.69, 9.17) is 9.47 Å². The second-order valence-corrected chi connectivity index (χ2v) is 8.78. The zero-order valence-electron chi connectivity index (χ0n) is 18.9. The molecule has 0 aromatic heterocycles. The number of hydrogen-bond acceptors (Lipinski definition) is 5. The molecular formula is C23H28FN3O5S. The minimum Gasteiger partial charge on any atom is -0.495 e. The highest BCUT2D eigenvalue weighted by atomic mass is 32.2. The van der Waals surface area contributed by atoms with Crippen LogP contribution >= 0.6 is 0 Å². The highest BCUT2D eigenvalue weighted by Gasteiger charge is 2.28. The first-order valence-electron chi connectivity index (χ1n) is 10.6. The number of carbonyl (C=O) groups is 2. The SMILES string of the molecule is CCCS(=O)Nc1ccc(C(=O)N2CCN(C(=O)c3cccc(OC)c3F)CC2)cc1OC. The Morgan fingerprint density at radius 2 is 1.64 bits per heavy atom. The van der Waals surface area contributed by atoms with Gasteiger partial charge in [0.05, 0.1) is 25.5 Å². The fourth-order valence-corrected chi connectivity index (χ4v) is 4.45. The number of amides is 2. The van der Waals surface area contributed by atoms with Gasteiger partial charge in [0.2, 0.25) is 0 Å². The number of nitrogens with zero attached hydrogens (tertiary/aromatic N) is 2. The van der Waals surface area contributed by atoms with Crippen molar-refractivity contribution in [1.82, 2.24) is 9.80 Å². The Labute approximate surface area is 195 Å². The van der Waals surface area contributed by atoms with Crippen molar-refractivity contribution in [2.75, 3.05) is 50.9 Å². The molecule has 2 amide bonds. The normalized spacial score (nSPS) is 14.5. The second kappa shape index (κ2) is 11.1. The van der Waals surface area contributed by atoms with Crippen molar-refractivity contribution >= 4 is 28.5 Å². The van der Waals surface area contributed by atoms with E-state index in [-0.39, 0.29) is 30.3 Å². The molecular weight excluding hydrogens is 449 g/mol. The molecule has 2 aromatic rings. The van der Waals surface area contributed by atoms with E-state index in [1.54, 1.807) is 29.2 Å². The molecule has 2 aromatic carbocycles. The molecule has 0 spiro atoms. The van der Waals surface area contributed by atoms with E-state index >= 15 is 0 Å². The van der Waals surface area contributed by atoms with E-state index < -0.39 is 22.7 Å². The lowest BCUT2D eigenvalue weighted by molar-refractivity contribution is 0.0532. The molecule has 1 fully saturated rings. The number of benzene rings is 2. The molecule has 3 rings (SSSR count). The van der Waals surface area contributed by atoms with Crippen molar-refractivity contribution in [3.63, 3.8) is 0 Å². The average Bonchev–Trinajstić information content (AvgIpc) is 2.84. The van der Waals surface area contributed by atoms with Crippen LogP contribution in [0.2, 0.25) is 0 Å². The average molecular weight is 478 g/mol. The summed E-state index contributed by atoms with van der Waals surface area (Å²) in [5.41, 5.74) is 0.927. The molecule has 8 nitrogen and oxygen atoms in total. The first-order chi connectivity index (χ1) is 15.9. The molecule has 1 N–H and O–H groups in total. The Hall–Kier alpha value is -3.14. The minimum atomic E-state index is -1.23. The maximum atomic E-state index is 14.5. The van der Waals surface area contributed by atoms with E-state index in [1.807, 2.05) is 6.92 Å². The third-order valence-electron chi connectivity index (χ3n) is 5.33. The van der Waals surface area contributed by atoms with Crippen LogP contribution in [0.25, 0.3) is 0 Å². The van der Waals surface area contributed by atoms with Gasteiger partial charge in [-0.25, -0.2) is 8.60 Å². The summed E-state index contributed by atoms with van der Waals surface area (Å²) in [6, 6.07) is 9.38. The van der Waals surface area contributed by atoms with Gasteiger partial charge in [0, 0.05) is 37.5 Å². The number of hydrogen-bond donors (Lipinski definition) is 1. The van der Waals surface area contributed by atoms with E-state index in [0.717, 1.165) is 6.42 Å². The van der Waals surface area contributed by atoms with Crippen LogP contribution in [0, 0.1) is 5.82 Å². The van der Waals surface area contributed by atoms with Crippen LogP contribution in [0.15, 0.2) is 36.4 Å². The number of piperazine rings is 1. The zero-order chi connectivity index (χ0) is 24.0. The van der Waals surface area contributed by atoms with Crippen molar-refractivity contribution in [2.24, 2.45) is 0 Å². The van der Waals surface area contributed by atoms with Gasteiger partial charge in [-0.1, -0.05) is 13.0 Å². The molecule has 1 unspecified atom stereocenters. The summed E-state index contributed by atoms with van der Waals surface area (Å²) < 4.78 is 39.7. The topological polar surface area (TPSA) is 88.2 Å². The fourth-order valence-electron chi connectivity index (χ4n) is 3.57. The molecule has 0 radical (unpaired) electrons. The molecule has 0 bridgehead atoms. The molecule has 1 saturated heterocycles. The highest BCUT2D eigenvalue weighted by Crippen LogP contribution is 2.27. The van der Waals surface area contributed by atoms with Crippen LogP contribution < -0.4 is 14.2 Å². The maximum Gasteiger partial charge on any atom is 0.257 e. The van der Waals surface area contributed by atoms with Gasteiger partial charge in [0.1, 0.15) is 16.7 Å². The molecule has 33 heavy (non-hydrogen) atoms. The molecule has 0 saturated carbocycles. The Morgan fingerprint density at radius 3 is 2.24 bits per heavy atom. The summed E-state index contributed by atoms with van der Waals surface area (Å²) in [6.07, 6.45) is 0.775. The lowest BCUT2D eigenvalue weighted by Gasteiger charge is -2.35. The Morgan fingerprint density at radius 1 is 1.00 bits per heavy atom. The summed E-state index contributed by atoms with van der Waals surface area (Å²) in [5.74, 6) is -0.381. The largest absolute Gasteiger partial charge is 0.495 e. The molecule has 10 heteroatoms. The van der Waals surface area contributed by atoms with Crippen LogP contribution in [0.1, 0.15) is 34.1 Å². The summed E-state index contributed by atoms with van der Waals surface area (Å²) in [7, 11) is 1.60. The van der Waals surface area contributed by atoms with E-state index in [9.17, 15) is 18.2 Å². The van der Waals surface area contributed by atoms with Crippen LogP contribution in [-0.4, -0.2) is 72.0 Å². The van der Waals surface area contributed by atoms with Gasteiger partial charge in [0.15, 0.2) is 11.6 Å². The Bertz CT molecular complexity index is 1040. The lowest BCUT2D eigenvalue weighted by Crippen LogP contribution is -2.50. The van der Waals surface area contributed by atoms with Crippen molar-refractivity contribution in [1.29, 1.82) is 0 Å². The van der Waals surface area contributed by atoms with E-state index in [2.05, 4.69) is 4.72 Å². The molecule has 1 heterocycles. The number of anilines is 1. The van der Waals surface area contributed by atoms with Gasteiger partial charge in [-0.3, -0.25) is 9.59 Å². The Kier molecular flexibility index (Phi) is 8.26. The van der Waals surface area contributed by atoms with Gasteiger partial charge in [-0.2, -0.15) is 0 Å². The Balaban J connectivity index is 1.65. The molecule has 1 atom stereocenters. The number of ether oxygens (including phenoxy) is 2. The van der Waals surface area contributed by atoms with Crippen LogP contribution in [0.3, 0.4) is 0 Å². The van der Waals surface area contributed by atoms with Gasteiger partial charge in [-0.15, -0.1) is 0 Å². The quantitative estimate of drug-likeness (QED) is 0.632. The van der Waals surface area contributed by atoms with Crippen molar-refractivity contribution < 1.29 is 27.7 Å². The number of halogens is 1. The van der Waals surface area contributed by atoms with Crippen LogP contribution in [-0.2, 0) is 11.0 Å². The number of carbonyl (C=O) groups excluding carboxylic acids is 2. The van der Waals surface area contributed by atoms with Crippen molar-refractivity contribution in [2.45, 2.75) is 13.3 Å². The predicted molar refractivity (Wildman–Crippen MR) is 125 cm³/mol. The standard InChI is InChI=1S/C23H28FN3O5S/c1-4-14-33(30)25-18-9-8-16(15-20(18)32-3)22(28)26-10-12-27(13-11-26)23(29)17-6-5-7-19(31-2)21(17)24/h5-9,15,25H,4,10-14H2,1-3H3. The van der Waals surface area contributed by atoms with Crippen molar-refractivity contribution in [3.8, 4) is 11.5 Å². The predicted octanol–water partition coefficient (Wildman–Crippen LogP) is 2.93. The maximum absolute atomic E-state index is 14.5. The summed E-state index contributed by atoms with van der Waals surface area (Å²) >= 11 is 0. The van der Waals surface area contributed by atoms with Gasteiger partial charge in [0.25, 0.3) is 11.8 Å². The van der Waals surface area contributed by atoms with E-state index in [0.29, 0.717) is 35.8 Å². The second-order valence-electron chi connectivity index (χ2n) is 7.47. The minimum absolute atomic E-state index is 0.0140. The van der Waals surface area contributed by atoms with E-state index in [1.165, 1.54) is 31.3 Å². The first-order valence-corrected chi connectivity index (χ1v) is 12.0. The number of methoxy groups -OCH3 is 2. The van der Waals surface area contributed by atoms with Gasteiger partial charge in [-0.05, 0) is 36.8 Å². The third kappa shape index (κ3) is 5.62. The molecule has 0 aliphatic carbocycles. The summed E-state index contributed by atoms with van der Waals surface area (Å²) in [5, 5.41) is 0. The summed E-state index contributed by atoms with van der Waals surface area (Å²) in [6.45, 7) is 3.15. The monoisotopic (exact) mass is 477 g/mol. The number of nitrogens with one attached hydrogen (secondary N) is 1. The lowest BCUT2D eigenvalue weighted by atomic mass is 10.1. The zero-order valence-corrected chi connectivity index (χ0v) is 19.7. The van der Waals surface area contributed by atoms with Gasteiger partial charge >= 0.3 is 0 Å². The van der Waals surface area contributed by atoms with Gasteiger partial charge < -0.3 is 24.0 Å². The van der Waals surface area contributed by atoms with Crippen molar-refractivity contribution in [3.05, 3.63) is 53.3 Å². The molecule has 178 valence electrons. The highest BCUT2D eigenvalue weighted by molar-refractivity contribution is 7.86.